The summed E-state index contributed by atoms with van der Waals surface area (Å²) in [7, 11) is 1.48. The number of carbonyl (C=O) groups excluding carboxylic acids is 1. The zero-order valence-electron chi connectivity index (χ0n) is 17.9. The number of benzene rings is 3. The average Bonchev–Trinajstić information content (AvgIpc) is 3.23. The van der Waals surface area contributed by atoms with E-state index in [1.54, 1.807) is 48.5 Å². The Bertz CT molecular complexity index is 1660. The number of methoxy groups -OCH3 is 1. The molecule has 2 heterocycles. The van der Waals surface area contributed by atoms with Crippen LogP contribution in [-0.2, 0) is 11.3 Å². The third-order valence-electron chi connectivity index (χ3n) is 5.43. The van der Waals surface area contributed by atoms with Crippen LogP contribution in [0, 0.1) is 5.82 Å². The second kappa shape index (κ2) is 8.36. The molecule has 0 spiro atoms. The van der Waals surface area contributed by atoms with Gasteiger partial charge in [-0.2, -0.15) is 0 Å². The van der Waals surface area contributed by atoms with Gasteiger partial charge in [0, 0.05) is 5.39 Å². The van der Waals surface area contributed by atoms with E-state index in [2.05, 4.69) is 5.32 Å². The number of rotatable bonds is 5. The van der Waals surface area contributed by atoms with Crippen molar-refractivity contribution in [3.05, 3.63) is 99.5 Å². The van der Waals surface area contributed by atoms with E-state index in [0.717, 1.165) is 16.7 Å². The standard InChI is InChI=1S/C25H18FN3O5/c1-33-20-9-5-3-7-18(20)27-21(30)14-28-22-17-6-2-4-8-19(17)34-23(22)24(31)29(25(28)32)16-12-10-15(26)11-13-16/h2-13H,14H2,1H3,(H,27,30). The minimum atomic E-state index is -0.758. The maximum atomic E-state index is 13.5. The molecule has 0 aliphatic carbocycles. The van der Waals surface area contributed by atoms with Gasteiger partial charge in [0.15, 0.2) is 0 Å². The van der Waals surface area contributed by atoms with Gasteiger partial charge in [0.25, 0.3) is 0 Å². The number of nitrogens with zero attached hydrogens (tertiary/aromatic N) is 2. The third kappa shape index (κ3) is 3.53. The van der Waals surface area contributed by atoms with Crippen LogP contribution in [0.3, 0.4) is 0 Å². The maximum absolute atomic E-state index is 13.5. The van der Waals surface area contributed by atoms with Gasteiger partial charge in [0.1, 0.15) is 29.2 Å². The molecule has 170 valence electrons. The molecule has 5 aromatic rings. The first-order valence-electron chi connectivity index (χ1n) is 10.3. The summed E-state index contributed by atoms with van der Waals surface area (Å²) in [6.45, 7) is -0.404. The Labute approximate surface area is 191 Å². The van der Waals surface area contributed by atoms with Gasteiger partial charge in [0.2, 0.25) is 11.5 Å². The summed E-state index contributed by atoms with van der Waals surface area (Å²) < 4.78 is 26.5. The fourth-order valence-corrected chi connectivity index (χ4v) is 3.90. The number of nitrogens with one attached hydrogen (secondary N) is 1. The van der Waals surface area contributed by atoms with Gasteiger partial charge in [0.05, 0.1) is 18.5 Å². The van der Waals surface area contributed by atoms with Crippen LogP contribution in [0.15, 0.2) is 86.8 Å². The summed E-state index contributed by atoms with van der Waals surface area (Å²) in [6.07, 6.45) is 0. The molecule has 2 aromatic heterocycles. The number of aromatic nitrogens is 2. The van der Waals surface area contributed by atoms with Crippen molar-refractivity contribution in [2.45, 2.75) is 6.54 Å². The van der Waals surface area contributed by atoms with Crippen LogP contribution in [0.5, 0.6) is 5.75 Å². The molecule has 0 unspecified atom stereocenters. The molecule has 0 aliphatic heterocycles. The van der Waals surface area contributed by atoms with Crippen molar-refractivity contribution < 1.29 is 18.3 Å². The van der Waals surface area contributed by atoms with E-state index in [-0.39, 0.29) is 16.8 Å². The molecule has 1 amide bonds. The molecular formula is C25H18FN3O5. The van der Waals surface area contributed by atoms with Gasteiger partial charge in [-0.3, -0.25) is 14.2 Å². The Morgan fingerprint density at radius 1 is 1.00 bits per heavy atom. The third-order valence-corrected chi connectivity index (χ3v) is 5.43. The lowest BCUT2D eigenvalue weighted by atomic mass is 10.2. The lowest BCUT2D eigenvalue weighted by molar-refractivity contribution is -0.116. The number of carbonyl (C=O) groups is 1. The molecule has 8 nitrogen and oxygen atoms in total. The molecule has 0 fully saturated rings. The zero-order valence-corrected chi connectivity index (χ0v) is 17.9. The van der Waals surface area contributed by atoms with E-state index in [0.29, 0.717) is 22.4 Å². The molecule has 0 saturated heterocycles. The number of furan rings is 1. The normalized spacial score (nSPS) is 11.1. The summed E-state index contributed by atoms with van der Waals surface area (Å²) in [4.78, 5) is 39.8. The Balaban J connectivity index is 1.71. The van der Waals surface area contributed by atoms with Crippen LogP contribution >= 0.6 is 0 Å². The highest BCUT2D eigenvalue weighted by Crippen LogP contribution is 2.26. The number of para-hydroxylation sites is 3. The fraction of sp³-hybridized carbons (Fsp3) is 0.0800. The molecular weight excluding hydrogens is 441 g/mol. The van der Waals surface area contributed by atoms with Crippen molar-refractivity contribution in [1.82, 2.24) is 9.13 Å². The second-order valence-corrected chi connectivity index (χ2v) is 7.51. The van der Waals surface area contributed by atoms with Crippen molar-refractivity contribution in [3.63, 3.8) is 0 Å². The van der Waals surface area contributed by atoms with E-state index in [1.165, 1.54) is 23.8 Å². The van der Waals surface area contributed by atoms with Gasteiger partial charge < -0.3 is 14.5 Å². The minimum Gasteiger partial charge on any atom is -0.495 e. The molecule has 34 heavy (non-hydrogen) atoms. The highest BCUT2D eigenvalue weighted by molar-refractivity contribution is 6.03. The fourth-order valence-electron chi connectivity index (χ4n) is 3.90. The number of amides is 1. The van der Waals surface area contributed by atoms with Gasteiger partial charge in [-0.15, -0.1) is 0 Å². The van der Waals surface area contributed by atoms with Crippen LogP contribution in [0.1, 0.15) is 0 Å². The summed E-state index contributed by atoms with van der Waals surface area (Å²) in [5, 5.41) is 3.25. The van der Waals surface area contributed by atoms with Crippen molar-refractivity contribution >= 4 is 33.7 Å². The first kappa shape index (κ1) is 21.2. The van der Waals surface area contributed by atoms with Crippen molar-refractivity contribution in [3.8, 4) is 11.4 Å². The lowest BCUT2D eigenvalue weighted by Crippen LogP contribution is -2.40. The lowest BCUT2D eigenvalue weighted by Gasteiger charge is -2.13. The average molecular weight is 459 g/mol. The summed E-state index contributed by atoms with van der Waals surface area (Å²) in [5.74, 6) is -0.570. The van der Waals surface area contributed by atoms with E-state index in [4.69, 9.17) is 9.15 Å². The zero-order chi connectivity index (χ0) is 23.8. The van der Waals surface area contributed by atoms with E-state index in [9.17, 15) is 18.8 Å². The molecule has 0 radical (unpaired) electrons. The van der Waals surface area contributed by atoms with Gasteiger partial charge >= 0.3 is 11.2 Å². The number of fused-ring (bicyclic) bond motifs is 3. The Morgan fingerprint density at radius 3 is 2.47 bits per heavy atom. The highest BCUT2D eigenvalue weighted by atomic mass is 19.1. The van der Waals surface area contributed by atoms with Gasteiger partial charge in [-0.1, -0.05) is 24.3 Å². The van der Waals surface area contributed by atoms with Crippen LogP contribution < -0.4 is 21.3 Å². The van der Waals surface area contributed by atoms with Crippen LogP contribution in [0.25, 0.3) is 27.8 Å². The smallest absolute Gasteiger partial charge is 0.336 e. The molecule has 9 heteroatoms. The number of hydrogen-bond donors (Lipinski definition) is 1. The Morgan fingerprint density at radius 2 is 1.71 bits per heavy atom. The van der Waals surface area contributed by atoms with Crippen LogP contribution in [0.4, 0.5) is 10.1 Å². The predicted octanol–water partition coefficient (Wildman–Crippen LogP) is 3.69. The summed E-state index contributed by atoms with van der Waals surface area (Å²) in [5.41, 5.74) is -0.366. The Kier molecular flexibility index (Phi) is 5.21. The van der Waals surface area contributed by atoms with E-state index in [1.807, 2.05) is 0 Å². The molecule has 0 aliphatic rings. The van der Waals surface area contributed by atoms with Gasteiger partial charge in [-0.25, -0.2) is 13.8 Å². The number of hydrogen-bond acceptors (Lipinski definition) is 5. The largest absolute Gasteiger partial charge is 0.495 e. The molecule has 3 aromatic carbocycles. The van der Waals surface area contributed by atoms with Crippen molar-refractivity contribution in [1.29, 1.82) is 0 Å². The molecule has 5 rings (SSSR count). The monoisotopic (exact) mass is 459 g/mol. The van der Waals surface area contributed by atoms with Crippen molar-refractivity contribution in [2.75, 3.05) is 12.4 Å². The van der Waals surface area contributed by atoms with Crippen LogP contribution in [-0.4, -0.2) is 22.2 Å². The number of anilines is 1. The second-order valence-electron chi connectivity index (χ2n) is 7.51. The molecule has 0 bridgehead atoms. The maximum Gasteiger partial charge on any atom is 0.336 e. The predicted molar refractivity (Wildman–Crippen MR) is 125 cm³/mol. The summed E-state index contributed by atoms with van der Waals surface area (Å²) >= 11 is 0. The number of ether oxygens (including phenoxy) is 1. The molecule has 1 N–H and O–H groups in total. The topological polar surface area (TPSA) is 95.5 Å². The molecule has 0 saturated carbocycles. The van der Waals surface area contributed by atoms with Crippen molar-refractivity contribution in [2.24, 2.45) is 0 Å². The first-order valence-corrected chi connectivity index (χ1v) is 10.3. The Hall–Kier alpha value is -4.66. The first-order chi connectivity index (χ1) is 16.5. The van der Waals surface area contributed by atoms with E-state index < -0.39 is 29.5 Å². The van der Waals surface area contributed by atoms with Gasteiger partial charge in [-0.05, 0) is 48.5 Å². The quantitative estimate of drug-likeness (QED) is 0.433. The highest BCUT2D eigenvalue weighted by Gasteiger charge is 2.22. The SMILES string of the molecule is COc1ccccc1NC(=O)Cn1c(=O)n(-c2ccc(F)cc2)c(=O)c2oc3ccccc3c21. The summed E-state index contributed by atoms with van der Waals surface area (Å²) in [6, 6.07) is 18.6. The molecule has 0 atom stereocenters. The van der Waals surface area contributed by atoms with E-state index >= 15 is 0 Å². The number of halogens is 1. The minimum absolute atomic E-state index is 0.0878. The van der Waals surface area contributed by atoms with Crippen LogP contribution in [0.2, 0.25) is 0 Å².